The number of hydrogen-bond donors (Lipinski definition) is 0. The quantitative estimate of drug-likeness (QED) is 0.465. The van der Waals surface area contributed by atoms with Crippen molar-refractivity contribution in [2.24, 2.45) is 0 Å². The Bertz CT molecular complexity index is 431. The third-order valence-corrected chi connectivity index (χ3v) is 2.56. The molecule has 1 aromatic carbocycles. The van der Waals surface area contributed by atoms with Crippen LogP contribution in [0, 0.1) is 12.7 Å². The summed E-state index contributed by atoms with van der Waals surface area (Å²) in [5, 5.41) is -1.22. The van der Waals surface area contributed by atoms with Gasteiger partial charge in [-0.15, -0.1) is 11.6 Å². The van der Waals surface area contributed by atoms with E-state index < -0.39 is 22.9 Å². The number of ketones is 1. The third kappa shape index (κ3) is 2.58. The van der Waals surface area contributed by atoms with E-state index in [1.807, 2.05) is 0 Å². The molecular weight excluding hydrogens is 235 g/mol. The summed E-state index contributed by atoms with van der Waals surface area (Å²) in [5.41, 5.74) is 0.913. The topological polar surface area (TPSA) is 43.4 Å². The van der Waals surface area contributed by atoms with E-state index >= 15 is 0 Å². The Morgan fingerprint density at radius 1 is 1.44 bits per heavy atom. The van der Waals surface area contributed by atoms with E-state index in [4.69, 9.17) is 11.6 Å². The van der Waals surface area contributed by atoms with Crippen LogP contribution in [-0.4, -0.2) is 18.9 Å². The number of hydrogen-bond acceptors (Lipinski definition) is 3. The van der Waals surface area contributed by atoms with Gasteiger partial charge in [-0.25, -0.2) is 9.18 Å². The molecule has 3 nitrogen and oxygen atoms in total. The number of esters is 1. The van der Waals surface area contributed by atoms with E-state index in [1.165, 1.54) is 12.1 Å². The Labute approximate surface area is 97.2 Å². The van der Waals surface area contributed by atoms with Crippen LogP contribution in [0.25, 0.3) is 0 Å². The maximum atomic E-state index is 13.0. The first-order valence-electron chi connectivity index (χ1n) is 4.49. The molecule has 0 aliphatic rings. The normalized spacial score (nSPS) is 12.0. The van der Waals surface area contributed by atoms with Gasteiger partial charge < -0.3 is 4.74 Å². The Kier molecular flexibility index (Phi) is 4.01. The Hall–Kier alpha value is -1.42. The molecule has 86 valence electrons. The minimum Gasteiger partial charge on any atom is -0.463 e. The molecule has 1 unspecified atom stereocenters. The second kappa shape index (κ2) is 5.07. The van der Waals surface area contributed by atoms with E-state index in [9.17, 15) is 14.0 Å². The Morgan fingerprint density at radius 3 is 2.62 bits per heavy atom. The van der Waals surface area contributed by atoms with Gasteiger partial charge >= 0.3 is 5.97 Å². The van der Waals surface area contributed by atoms with Gasteiger partial charge in [0.25, 0.3) is 5.78 Å². The standard InChI is InChI=1S/C11H10ClFO3/c1-6-3-4-7(13)5-8(6)9(12)10(14)11(15)16-2/h3-5,9H,1-2H3. The van der Waals surface area contributed by atoms with Gasteiger partial charge in [0.05, 0.1) is 7.11 Å². The monoisotopic (exact) mass is 244 g/mol. The fraction of sp³-hybridized carbons (Fsp3) is 0.273. The maximum absolute atomic E-state index is 13.0. The molecule has 0 heterocycles. The van der Waals surface area contributed by atoms with Crippen molar-refractivity contribution in [1.82, 2.24) is 0 Å². The summed E-state index contributed by atoms with van der Waals surface area (Å²) in [7, 11) is 1.09. The summed E-state index contributed by atoms with van der Waals surface area (Å²) < 4.78 is 17.2. The number of carbonyl (C=O) groups excluding carboxylic acids is 2. The molecule has 0 aliphatic carbocycles. The van der Waals surface area contributed by atoms with Crippen LogP contribution in [0.5, 0.6) is 0 Å². The SMILES string of the molecule is COC(=O)C(=O)C(Cl)c1cc(F)ccc1C. The first-order valence-corrected chi connectivity index (χ1v) is 4.93. The van der Waals surface area contributed by atoms with Gasteiger partial charge in [0.2, 0.25) is 0 Å². The molecular formula is C11H10ClFO3. The number of alkyl halides is 1. The van der Waals surface area contributed by atoms with Crippen LogP contribution in [0.2, 0.25) is 0 Å². The van der Waals surface area contributed by atoms with Gasteiger partial charge in [-0.1, -0.05) is 6.07 Å². The van der Waals surface area contributed by atoms with E-state index in [0.717, 1.165) is 13.2 Å². The molecule has 0 spiro atoms. The van der Waals surface area contributed by atoms with Crippen molar-refractivity contribution in [3.05, 3.63) is 35.1 Å². The highest BCUT2D eigenvalue weighted by Crippen LogP contribution is 2.25. The molecule has 1 aromatic rings. The van der Waals surface area contributed by atoms with Crippen LogP contribution in [-0.2, 0) is 14.3 Å². The van der Waals surface area contributed by atoms with Crippen molar-refractivity contribution in [3.8, 4) is 0 Å². The summed E-state index contributed by atoms with van der Waals surface area (Å²) in [6.45, 7) is 1.68. The van der Waals surface area contributed by atoms with Crippen LogP contribution in [0.4, 0.5) is 4.39 Å². The van der Waals surface area contributed by atoms with Gasteiger partial charge in [0.1, 0.15) is 11.2 Å². The molecule has 0 saturated carbocycles. The summed E-state index contributed by atoms with van der Waals surface area (Å²) in [4.78, 5) is 22.4. The first kappa shape index (κ1) is 12.6. The van der Waals surface area contributed by atoms with Gasteiger partial charge in [-0.05, 0) is 30.2 Å². The molecule has 5 heteroatoms. The number of rotatable bonds is 3. The molecule has 0 bridgehead atoms. The van der Waals surface area contributed by atoms with Crippen LogP contribution in [0.15, 0.2) is 18.2 Å². The molecule has 16 heavy (non-hydrogen) atoms. The molecule has 0 aliphatic heterocycles. The van der Waals surface area contributed by atoms with Crippen LogP contribution in [0.1, 0.15) is 16.5 Å². The zero-order valence-electron chi connectivity index (χ0n) is 8.79. The number of Topliss-reactive ketones (excluding diaryl/α,β-unsaturated/α-hetero) is 1. The fourth-order valence-electron chi connectivity index (χ4n) is 1.23. The van der Waals surface area contributed by atoms with Crippen molar-refractivity contribution in [2.75, 3.05) is 7.11 Å². The smallest absolute Gasteiger partial charge is 0.376 e. The predicted molar refractivity (Wildman–Crippen MR) is 56.8 cm³/mol. The minimum atomic E-state index is -1.22. The Balaban J connectivity index is 3.04. The van der Waals surface area contributed by atoms with Crippen molar-refractivity contribution in [2.45, 2.75) is 12.3 Å². The van der Waals surface area contributed by atoms with E-state index in [0.29, 0.717) is 5.56 Å². The van der Waals surface area contributed by atoms with Crippen LogP contribution >= 0.6 is 11.6 Å². The fourth-order valence-corrected chi connectivity index (χ4v) is 1.55. The van der Waals surface area contributed by atoms with Gasteiger partial charge in [0, 0.05) is 0 Å². The van der Waals surface area contributed by atoms with Crippen LogP contribution in [0.3, 0.4) is 0 Å². The van der Waals surface area contributed by atoms with Crippen molar-refractivity contribution >= 4 is 23.4 Å². The number of halogens is 2. The molecule has 0 fully saturated rings. The molecule has 0 saturated heterocycles. The zero-order chi connectivity index (χ0) is 12.3. The van der Waals surface area contributed by atoms with E-state index in [-0.39, 0.29) is 5.56 Å². The Morgan fingerprint density at radius 2 is 2.06 bits per heavy atom. The molecule has 1 rings (SSSR count). The predicted octanol–water partition coefficient (Wildman–Crippen LogP) is 2.16. The highest BCUT2D eigenvalue weighted by atomic mass is 35.5. The average molecular weight is 245 g/mol. The minimum absolute atomic E-state index is 0.275. The second-order valence-corrected chi connectivity index (χ2v) is 3.66. The van der Waals surface area contributed by atoms with Crippen molar-refractivity contribution < 1.29 is 18.7 Å². The molecule has 0 radical (unpaired) electrons. The van der Waals surface area contributed by atoms with Gasteiger partial charge in [-0.3, -0.25) is 4.79 Å². The summed E-state index contributed by atoms with van der Waals surface area (Å²) >= 11 is 5.79. The van der Waals surface area contributed by atoms with Gasteiger partial charge in [-0.2, -0.15) is 0 Å². The summed E-state index contributed by atoms with van der Waals surface area (Å²) in [5.74, 6) is -2.45. The largest absolute Gasteiger partial charge is 0.463 e. The maximum Gasteiger partial charge on any atom is 0.376 e. The van der Waals surface area contributed by atoms with Crippen molar-refractivity contribution in [1.29, 1.82) is 0 Å². The molecule has 0 aromatic heterocycles. The number of aryl methyl sites for hydroxylation is 1. The highest BCUT2D eigenvalue weighted by Gasteiger charge is 2.26. The lowest BCUT2D eigenvalue weighted by Crippen LogP contribution is -2.20. The number of carbonyl (C=O) groups is 2. The lowest BCUT2D eigenvalue weighted by atomic mass is 10.0. The highest BCUT2D eigenvalue weighted by molar-refractivity contribution is 6.47. The zero-order valence-corrected chi connectivity index (χ0v) is 9.55. The molecule has 0 amide bonds. The van der Waals surface area contributed by atoms with E-state index in [2.05, 4.69) is 4.74 Å². The van der Waals surface area contributed by atoms with Gasteiger partial charge in [0.15, 0.2) is 0 Å². The number of methoxy groups -OCH3 is 1. The number of ether oxygens (including phenoxy) is 1. The number of benzene rings is 1. The second-order valence-electron chi connectivity index (χ2n) is 3.22. The third-order valence-electron chi connectivity index (χ3n) is 2.13. The van der Waals surface area contributed by atoms with Crippen LogP contribution < -0.4 is 0 Å². The summed E-state index contributed by atoms with van der Waals surface area (Å²) in [6.07, 6.45) is 0. The summed E-state index contributed by atoms with van der Waals surface area (Å²) in [6, 6.07) is 3.88. The first-order chi connectivity index (χ1) is 7.47. The molecule has 0 N–H and O–H groups in total. The van der Waals surface area contributed by atoms with Crippen molar-refractivity contribution in [3.63, 3.8) is 0 Å². The lowest BCUT2D eigenvalue weighted by molar-refractivity contribution is -0.151. The lowest BCUT2D eigenvalue weighted by Gasteiger charge is -2.10. The van der Waals surface area contributed by atoms with E-state index in [1.54, 1.807) is 6.92 Å². The average Bonchev–Trinajstić information content (AvgIpc) is 2.29. The molecule has 1 atom stereocenters.